The summed E-state index contributed by atoms with van der Waals surface area (Å²) in [5.74, 6) is 2.53. The van der Waals surface area contributed by atoms with E-state index < -0.39 is 0 Å². The van der Waals surface area contributed by atoms with Crippen LogP contribution in [-0.4, -0.2) is 41.0 Å². The normalized spacial score (nSPS) is 27.9. The van der Waals surface area contributed by atoms with Crippen molar-refractivity contribution in [2.75, 3.05) is 19.6 Å². The van der Waals surface area contributed by atoms with E-state index in [9.17, 15) is 4.79 Å². The SMILES string of the molecule is O=C(CN1CCC(Cc2ccccn2)CC1)NC1(CCc2ccccc2)CC2CCC[C@H](C2)C1. The van der Waals surface area contributed by atoms with Crippen molar-refractivity contribution < 1.29 is 4.79 Å². The monoisotopic (exact) mass is 459 g/mol. The first-order valence-corrected chi connectivity index (χ1v) is 13.6. The Kier molecular flexibility index (Phi) is 7.63. The van der Waals surface area contributed by atoms with E-state index in [1.54, 1.807) is 0 Å². The lowest BCUT2D eigenvalue weighted by molar-refractivity contribution is -0.125. The predicted octanol–water partition coefficient (Wildman–Crippen LogP) is 5.42. The van der Waals surface area contributed by atoms with E-state index in [1.807, 2.05) is 12.3 Å². The molecule has 5 rings (SSSR count). The van der Waals surface area contributed by atoms with Gasteiger partial charge in [-0.1, -0.05) is 55.7 Å². The number of benzene rings is 1. The molecule has 1 aromatic carbocycles. The molecule has 1 N–H and O–H groups in total. The van der Waals surface area contributed by atoms with Crippen molar-refractivity contribution in [3.05, 3.63) is 66.0 Å². The zero-order valence-corrected chi connectivity index (χ0v) is 20.6. The Bertz CT molecular complexity index is 895. The molecule has 4 heteroatoms. The van der Waals surface area contributed by atoms with Crippen molar-refractivity contribution in [1.29, 1.82) is 0 Å². The summed E-state index contributed by atoms with van der Waals surface area (Å²) >= 11 is 0. The van der Waals surface area contributed by atoms with Gasteiger partial charge in [-0.05, 0) is 99.9 Å². The number of nitrogens with one attached hydrogen (secondary N) is 1. The smallest absolute Gasteiger partial charge is 0.234 e. The van der Waals surface area contributed by atoms with Crippen LogP contribution in [0, 0.1) is 17.8 Å². The average molecular weight is 460 g/mol. The van der Waals surface area contributed by atoms with Crippen LogP contribution < -0.4 is 5.32 Å². The summed E-state index contributed by atoms with van der Waals surface area (Å²) in [4.78, 5) is 20.2. The minimum atomic E-state index is -0.0156. The highest BCUT2D eigenvalue weighted by atomic mass is 16.2. The number of amides is 1. The van der Waals surface area contributed by atoms with Crippen molar-refractivity contribution in [3.63, 3.8) is 0 Å². The van der Waals surface area contributed by atoms with Gasteiger partial charge in [0, 0.05) is 17.4 Å². The van der Waals surface area contributed by atoms with Gasteiger partial charge in [-0.3, -0.25) is 14.7 Å². The highest BCUT2D eigenvalue weighted by molar-refractivity contribution is 5.79. The standard InChI is InChI=1S/C30H41N3O/c34-29(23-33-17-13-25(14-18-33)20-28-11-4-5-16-31-28)32-30(15-12-24-7-2-1-3-8-24)21-26-9-6-10-27(19-26)22-30/h1-5,7-8,11,16,25-27H,6,9-10,12-15,17-23H2,(H,32,34)/t26-,27?,30?/m1/s1. The summed E-state index contributed by atoms with van der Waals surface area (Å²) in [5.41, 5.74) is 2.57. The molecule has 3 fully saturated rings. The van der Waals surface area contributed by atoms with Crippen molar-refractivity contribution >= 4 is 5.91 Å². The zero-order valence-electron chi connectivity index (χ0n) is 20.6. The molecule has 1 aromatic heterocycles. The van der Waals surface area contributed by atoms with Crippen LogP contribution in [0.25, 0.3) is 0 Å². The van der Waals surface area contributed by atoms with Crippen LogP contribution in [0.5, 0.6) is 0 Å². The maximum absolute atomic E-state index is 13.3. The Morgan fingerprint density at radius 3 is 2.41 bits per heavy atom. The number of aryl methyl sites for hydroxylation is 1. The summed E-state index contributed by atoms with van der Waals surface area (Å²) in [6.45, 7) is 2.60. The lowest BCUT2D eigenvalue weighted by Gasteiger charge is -2.48. The Morgan fingerprint density at radius 1 is 0.971 bits per heavy atom. The van der Waals surface area contributed by atoms with E-state index in [1.165, 1.54) is 49.8 Å². The fourth-order valence-electron chi connectivity index (χ4n) is 7.06. The van der Waals surface area contributed by atoms with Crippen LogP contribution in [0.4, 0.5) is 0 Å². The number of aromatic nitrogens is 1. The molecule has 1 amide bonds. The summed E-state index contributed by atoms with van der Waals surface area (Å²) in [5, 5.41) is 3.64. The molecule has 0 spiro atoms. The van der Waals surface area contributed by atoms with E-state index in [4.69, 9.17) is 0 Å². The molecule has 2 aliphatic carbocycles. The number of pyridine rings is 1. The Morgan fingerprint density at radius 2 is 1.71 bits per heavy atom. The first-order valence-electron chi connectivity index (χ1n) is 13.6. The molecule has 182 valence electrons. The lowest BCUT2D eigenvalue weighted by atomic mass is 9.63. The van der Waals surface area contributed by atoms with E-state index in [-0.39, 0.29) is 11.4 Å². The molecule has 2 saturated carbocycles. The molecule has 4 nitrogen and oxygen atoms in total. The number of carbonyl (C=O) groups is 1. The quantitative estimate of drug-likeness (QED) is 0.573. The summed E-state index contributed by atoms with van der Waals surface area (Å²) < 4.78 is 0. The van der Waals surface area contributed by atoms with Gasteiger partial charge in [0.1, 0.15) is 0 Å². The molecule has 34 heavy (non-hydrogen) atoms. The van der Waals surface area contributed by atoms with Gasteiger partial charge in [0.15, 0.2) is 0 Å². The third kappa shape index (κ3) is 6.27. The third-order valence-corrected chi connectivity index (χ3v) is 8.69. The molecular weight excluding hydrogens is 418 g/mol. The second kappa shape index (κ2) is 11.0. The van der Waals surface area contributed by atoms with Crippen molar-refractivity contribution in [2.24, 2.45) is 17.8 Å². The number of rotatable bonds is 8. The van der Waals surface area contributed by atoms with Gasteiger partial charge in [0.05, 0.1) is 6.54 Å². The summed E-state index contributed by atoms with van der Waals surface area (Å²) in [7, 11) is 0. The Hall–Kier alpha value is -2.20. The first kappa shape index (κ1) is 23.5. The molecule has 2 aromatic rings. The first-order chi connectivity index (χ1) is 16.7. The van der Waals surface area contributed by atoms with Gasteiger partial charge < -0.3 is 5.32 Å². The molecule has 3 atom stereocenters. The van der Waals surface area contributed by atoms with Crippen molar-refractivity contribution in [3.8, 4) is 0 Å². The molecule has 2 unspecified atom stereocenters. The lowest BCUT2D eigenvalue weighted by Crippen LogP contribution is -2.56. The summed E-state index contributed by atoms with van der Waals surface area (Å²) in [6, 6.07) is 17.0. The molecule has 2 bridgehead atoms. The number of hydrogen-bond acceptors (Lipinski definition) is 3. The third-order valence-electron chi connectivity index (χ3n) is 8.69. The maximum atomic E-state index is 13.3. The van der Waals surface area contributed by atoms with Gasteiger partial charge in [0.2, 0.25) is 5.91 Å². The van der Waals surface area contributed by atoms with E-state index >= 15 is 0 Å². The van der Waals surface area contributed by atoms with Crippen LogP contribution in [0.1, 0.15) is 69.0 Å². The van der Waals surface area contributed by atoms with E-state index in [0.29, 0.717) is 12.5 Å². The predicted molar refractivity (Wildman–Crippen MR) is 137 cm³/mol. The van der Waals surface area contributed by atoms with Gasteiger partial charge in [-0.15, -0.1) is 0 Å². The maximum Gasteiger partial charge on any atom is 0.234 e. The number of nitrogens with zero attached hydrogens (tertiary/aromatic N) is 2. The van der Waals surface area contributed by atoms with Gasteiger partial charge >= 0.3 is 0 Å². The van der Waals surface area contributed by atoms with Crippen LogP contribution in [-0.2, 0) is 17.6 Å². The number of likely N-dealkylation sites (tertiary alicyclic amines) is 1. The van der Waals surface area contributed by atoms with Crippen molar-refractivity contribution in [1.82, 2.24) is 15.2 Å². The largest absolute Gasteiger partial charge is 0.350 e. The number of piperidine rings is 1. The second-order valence-corrected chi connectivity index (χ2v) is 11.4. The highest BCUT2D eigenvalue weighted by Crippen LogP contribution is 2.46. The molecule has 0 radical (unpaired) electrons. The van der Waals surface area contributed by atoms with E-state index in [2.05, 4.69) is 57.7 Å². The minimum absolute atomic E-state index is 0.0156. The topological polar surface area (TPSA) is 45.2 Å². The fraction of sp³-hybridized carbons (Fsp3) is 0.600. The number of carbonyl (C=O) groups excluding carboxylic acids is 1. The van der Waals surface area contributed by atoms with E-state index in [0.717, 1.165) is 57.0 Å². The number of hydrogen-bond donors (Lipinski definition) is 1. The van der Waals surface area contributed by atoms with Crippen LogP contribution in [0.15, 0.2) is 54.7 Å². The Labute approximate surface area is 205 Å². The number of fused-ring (bicyclic) bond motifs is 2. The summed E-state index contributed by atoms with van der Waals surface area (Å²) in [6.07, 6.45) is 15.2. The molecule has 1 aliphatic heterocycles. The van der Waals surface area contributed by atoms with Gasteiger partial charge in [-0.25, -0.2) is 0 Å². The van der Waals surface area contributed by atoms with Crippen LogP contribution in [0.3, 0.4) is 0 Å². The van der Waals surface area contributed by atoms with Crippen molar-refractivity contribution in [2.45, 2.75) is 76.2 Å². The van der Waals surface area contributed by atoms with Gasteiger partial charge in [-0.2, -0.15) is 0 Å². The van der Waals surface area contributed by atoms with Gasteiger partial charge in [0.25, 0.3) is 0 Å². The second-order valence-electron chi connectivity index (χ2n) is 11.4. The van der Waals surface area contributed by atoms with Crippen LogP contribution in [0.2, 0.25) is 0 Å². The zero-order chi connectivity index (χ0) is 23.2. The molecule has 2 heterocycles. The van der Waals surface area contributed by atoms with Crippen LogP contribution >= 0.6 is 0 Å². The molecule has 3 aliphatic rings. The average Bonchev–Trinajstić information content (AvgIpc) is 2.85. The fourth-order valence-corrected chi connectivity index (χ4v) is 7.06. The molecule has 1 saturated heterocycles. The minimum Gasteiger partial charge on any atom is -0.350 e. The Balaban J connectivity index is 1.16. The highest BCUT2D eigenvalue weighted by Gasteiger charge is 2.43. The molecular formula is C30H41N3O.